The Morgan fingerprint density at radius 2 is 2.06 bits per heavy atom. The predicted molar refractivity (Wildman–Crippen MR) is 66.1 cm³/mol. The summed E-state index contributed by atoms with van der Waals surface area (Å²) in [6, 6.07) is 3.20. The molecule has 0 radical (unpaired) electrons. The van der Waals surface area contributed by atoms with Gasteiger partial charge in [0.2, 0.25) is 10.0 Å². The lowest BCUT2D eigenvalue weighted by molar-refractivity contribution is 0.463. The molecule has 0 amide bonds. The zero-order valence-electron chi connectivity index (χ0n) is 9.49. The molecule has 0 saturated heterocycles. The molecular formula is C10H15ClN2O2S. The maximum absolute atomic E-state index is 11.8. The highest BCUT2D eigenvalue weighted by Gasteiger charge is 2.22. The molecule has 1 rings (SSSR count). The lowest BCUT2D eigenvalue weighted by Gasteiger charge is -2.18. The molecule has 1 N–H and O–H groups in total. The van der Waals surface area contributed by atoms with E-state index < -0.39 is 10.0 Å². The zero-order chi connectivity index (χ0) is 12.4. The van der Waals surface area contributed by atoms with E-state index in [2.05, 4.69) is 9.71 Å². The summed E-state index contributed by atoms with van der Waals surface area (Å²) in [5.41, 5.74) is 0.00831. The van der Waals surface area contributed by atoms with E-state index in [0.29, 0.717) is 5.69 Å². The summed E-state index contributed by atoms with van der Waals surface area (Å²) in [4.78, 5) is 3.80. The molecule has 0 aliphatic carbocycles. The lowest BCUT2D eigenvalue weighted by Crippen LogP contribution is -2.26. The Bertz CT molecular complexity index is 466. The van der Waals surface area contributed by atoms with Crippen LogP contribution in [0.4, 0.5) is 5.69 Å². The number of halogens is 1. The molecule has 0 bridgehead atoms. The molecule has 0 atom stereocenters. The van der Waals surface area contributed by atoms with Crippen molar-refractivity contribution < 1.29 is 8.42 Å². The first-order valence-corrected chi connectivity index (χ1v) is 6.84. The van der Waals surface area contributed by atoms with Crippen molar-refractivity contribution in [3.63, 3.8) is 0 Å². The molecule has 0 fully saturated rings. The van der Waals surface area contributed by atoms with Crippen molar-refractivity contribution in [2.24, 2.45) is 5.41 Å². The van der Waals surface area contributed by atoms with Crippen molar-refractivity contribution in [3.05, 3.63) is 23.5 Å². The monoisotopic (exact) mass is 262 g/mol. The van der Waals surface area contributed by atoms with Crippen LogP contribution >= 0.6 is 11.6 Å². The van der Waals surface area contributed by atoms with Gasteiger partial charge in [-0.25, -0.2) is 13.4 Å². The molecule has 0 spiro atoms. The number of nitrogens with one attached hydrogen (secondary N) is 1. The minimum Gasteiger partial charge on any atom is -0.280 e. The van der Waals surface area contributed by atoms with Crippen LogP contribution in [0.1, 0.15) is 20.8 Å². The van der Waals surface area contributed by atoms with Crippen LogP contribution in [0.5, 0.6) is 0 Å². The van der Waals surface area contributed by atoms with Crippen molar-refractivity contribution in [2.45, 2.75) is 20.8 Å². The average molecular weight is 263 g/mol. The second-order valence-corrected chi connectivity index (χ2v) is 6.84. The number of sulfonamides is 1. The molecule has 90 valence electrons. The molecule has 0 saturated carbocycles. The van der Waals surface area contributed by atoms with E-state index in [1.807, 2.05) is 20.8 Å². The highest BCUT2D eigenvalue weighted by Crippen LogP contribution is 2.22. The van der Waals surface area contributed by atoms with Gasteiger partial charge in [0, 0.05) is 6.20 Å². The third-order valence-corrected chi connectivity index (χ3v) is 3.73. The first kappa shape index (κ1) is 13.3. The van der Waals surface area contributed by atoms with Crippen LogP contribution in [-0.2, 0) is 10.0 Å². The standard InChI is InChI=1S/C10H15ClN2O2S/c1-10(2,3)7-16(14,15)13-8-5-4-6-12-9(8)11/h4-6,13H,7H2,1-3H3. The van der Waals surface area contributed by atoms with Crippen molar-refractivity contribution in [1.29, 1.82) is 0 Å². The summed E-state index contributed by atoms with van der Waals surface area (Å²) in [6.07, 6.45) is 1.50. The summed E-state index contributed by atoms with van der Waals surface area (Å²) in [5.74, 6) is 0.0330. The Hall–Kier alpha value is -0.810. The fraction of sp³-hybridized carbons (Fsp3) is 0.500. The highest BCUT2D eigenvalue weighted by molar-refractivity contribution is 7.92. The molecule has 1 aromatic heterocycles. The Morgan fingerprint density at radius 1 is 1.44 bits per heavy atom. The van der Waals surface area contributed by atoms with E-state index >= 15 is 0 Å². The van der Waals surface area contributed by atoms with Gasteiger partial charge in [0.15, 0.2) is 5.15 Å². The average Bonchev–Trinajstić information content (AvgIpc) is 2.04. The Balaban J connectivity index is 2.86. The number of anilines is 1. The Labute approximate surface area is 101 Å². The van der Waals surface area contributed by atoms with Gasteiger partial charge in [-0.2, -0.15) is 0 Å². The van der Waals surface area contributed by atoms with Crippen LogP contribution in [-0.4, -0.2) is 19.2 Å². The first-order valence-electron chi connectivity index (χ1n) is 4.81. The normalized spacial score (nSPS) is 12.5. The van der Waals surface area contributed by atoms with Crippen LogP contribution < -0.4 is 4.72 Å². The maximum atomic E-state index is 11.8. The molecule has 1 aromatic rings. The maximum Gasteiger partial charge on any atom is 0.233 e. The van der Waals surface area contributed by atoms with E-state index in [0.717, 1.165) is 0 Å². The van der Waals surface area contributed by atoms with Crippen LogP contribution in [0.3, 0.4) is 0 Å². The number of rotatable bonds is 3. The van der Waals surface area contributed by atoms with E-state index in [-0.39, 0.29) is 16.3 Å². The Kier molecular flexibility index (Phi) is 3.80. The number of nitrogens with zero attached hydrogens (tertiary/aromatic N) is 1. The number of hydrogen-bond donors (Lipinski definition) is 1. The second-order valence-electron chi connectivity index (χ2n) is 4.76. The smallest absolute Gasteiger partial charge is 0.233 e. The van der Waals surface area contributed by atoms with Gasteiger partial charge in [0.1, 0.15) is 0 Å². The fourth-order valence-corrected chi connectivity index (χ4v) is 3.17. The first-order chi connectivity index (χ1) is 7.20. The van der Waals surface area contributed by atoms with Gasteiger partial charge in [0.25, 0.3) is 0 Å². The molecule has 0 unspecified atom stereocenters. The third kappa shape index (κ3) is 4.37. The highest BCUT2D eigenvalue weighted by atomic mass is 35.5. The third-order valence-electron chi connectivity index (χ3n) is 1.65. The molecule has 1 heterocycles. The van der Waals surface area contributed by atoms with Crippen LogP contribution in [0.15, 0.2) is 18.3 Å². The van der Waals surface area contributed by atoms with Crippen molar-refractivity contribution >= 4 is 27.3 Å². The zero-order valence-corrected chi connectivity index (χ0v) is 11.1. The van der Waals surface area contributed by atoms with E-state index in [1.165, 1.54) is 6.20 Å². The molecule has 6 heteroatoms. The van der Waals surface area contributed by atoms with Crippen LogP contribution in [0.2, 0.25) is 5.15 Å². The van der Waals surface area contributed by atoms with Gasteiger partial charge in [-0.15, -0.1) is 0 Å². The SMILES string of the molecule is CC(C)(C)CS(=O)(=O)Nc1cccnc1Cl. The van der Waals surface area contributed by atoms with Gasteiger partial charge >= 0.3 is 0 Å². The van der Waals surface area contributed by atoms with Crippen LogP contribution in [0.25, 0.3) is 0 Å². The molecule has 4 nitrogen and oxygen atoms in total. The summed E-state index contributed by atoms with van der Waals surface area (Å²) < 4.78 is 26.0. The predicted octanol–water partition coefficient (Wildman–Crippen LogP) is 2.52. The topological polar surface area (TPSA) is 59.1 Å². The largest absolute Gasteiger partial charge is 0.280 e. The van der Waals surface area contributed by atoms with E-state index in [1.54, 1.807) is 12.1 Å². The second kappa shape index (κ2) is 4.59. The van der Waals surface area contributed by atoms with Crippen LogP contribution in [0, 0.1) is 5.41 Å². The lowest BCUT2D eigenvalue weighted by atomic mass is 10.0. The summed E-state index contributed by atoms with van der Waals surface area (Å²) in [7, 11) is -3.39. The summed E-state index contributed by atoms with van der Waals surface area (Å²) in [6.45, 7) is 5.57. The fourth-order valence-electron chi connectivity index (χ4n) is 1.24. The van der Waals surface area contributed by atoms with Gasteiger partial charge in [0.05, 0.1) is 11.4 Å². The Morgan fingerprint density at radius 3 is 2.56 bits per heavy atom. The number of pyridine rings is 1. The van der Waals surface area contributed by atoms with Gasteiger partial charge in [-0.3, -0.25) is 4.72 Å². The minimum atomic E-state index is -3.39. The van der Waals surface area contributed by atoms with Crippen molar-refractivity contribution in [2.75, 3.05) is 10.5 Å². The van der Waals surface area contributed by atoms with E-state index in [9.17, 15) is 8.42 Å². The van der Waals surface area contributed by atoms with Gasteiger partial charge < -0.3 is 0 Å². The molecule has 0 aliphatic rings. The van der Waals surface area contributed by atoms with Gasteiger partial charge in [-0.1, -0.05) is 32.4 Å². The minimum absolute atomic E-state index is 0.0330. The molecule has 0 aromatic carbocycles. The van der Waals surface area contributed by atoms with E-state index in [4.69, 9.17) is 11.6 Å². The molecule has 16 heavy (non-hydrogen) atoms. The molecule has 0 aliphatic heterocycles. The van der Waals surface area contributed by atoms with Gasteiger partial charge in [-0.05, 0) is 17.5 Å². The molecular weight excluding hydrogens is 248 g/mol. The summed E-state index contributed by atoms with van der Waals surface area (Å²) in [5, 5.41) is 0.153. The number of hydrogen-bond acceptors (Lipinski definition) is 3. The quantitative estimate of drug-likeness (QED) is 0.852. The number of aromatic nitrogens is 1. The summed E-state index contributed by atoms with van der Waals surface area (Å²) >= 11 is 5.76. The van der Waals surface area contributed by atoms with Crippen molar-refractivity contribution in [1.82, 2.24) is 4.98 Å². The van der Waals surface area contributed by atoms with Crippen molar-refractivity contribution in [3.8, 4) is 0 Å².